The molecule has 3 aliphatic rings. The number of hydrogen-bond acceptors (Lipinski definition) is 1. The SMILES string of the molecule is C=C1C2C(CCc3ccc4c(sc5cc(-c6ccc(-c7ccc(F)cc7)cc6)ccc54)c3-c3n1c1cccc(CC(C)CC)c1[n+]3CC1=CC(C(C)C)[C@H]1C)c1ccccc1-c1ccc([Si](C)(C)C)c[n+]12. The highest BCUT2D eigenvalue weighted by molar-refractivity contribution is 7.26. The van der Waals surface area contributed by atoms with E-state index in [0.717, 1.165) is 49.1 Å². The van der Waals surface area contributed by atoms with Crippen LogP contribution in [0, 0.1) is 29.5 Å². The molecule has 2 aliphatic heterocycles. The third-order valence-electron chi connectivity index (χ3n) is 16.9. The quantitative estimate of drug-likeness (QED) is 0.0777. The van der Waals surface area contributed by atoms with Crippen LogP contribution >= 0.6 is 11.3 Å². The first-order valence-electron chi connectivity index (χ1n) is 26.2. The zero-order chi connectivity index (χ0) is 49.0. The van der Waals surface area contributed by atoms with Gasteiger partial charge in [-0.3, -0.25) is 0 Å². The smallest absolute Gasteiger partial charge is 0.218 e. The Balaban J connectivity index is 1.13. The van der Waals surface area contributed by atoms with E-state index in [2.05, 4.69) is 189 Å². The Morgan fingerprint density at radius 2 is 1.51 bits per heavy atom. The number of halogens is 1. The first kappa shape index (κ1) is 45.9. The van der Waals surface area contributed by atoms with Gasteiger partial charge in [0.15, 0.2) is 22.9 Å². The van der Waals surface area contributed by atoms with Crippen molar-refractivity contribution in [2.45, 2.75) is 98.4 Å². The Labute approximate surface area is 424 Å². The Morgan fingerprint density at radius 3 is 2.23 bits per heavy atom. The molecule has 0 radical (unpaired) electrons. The number of benzene rings is 6. The van der Waals surface area contributed by atoms with Gasteiger partial charge in [0.25, 0.3) is 5.82 Å². The highest BCUT2D eigenvalue weighted by Crippen LogP contribution is 2.51. The molecule has 4 unspecified atom stereocenters. The summed E-state index contributed by atoms with van der Waals surface area (Å²) in [6.07, 6.45) is 9.25. The molecular weight excluding hydrogens is 902 g/mol. The van der Waals surface area contributed by atoms with Crippen molar-refractivity contribution >= 4 is 61.5 Å². The number of nitrogens with zero attached hydrogens (tertiary/aromatic N) is 3. The molecule has 0 saturated heterocycles. The first-order valence-corrected chi connectivity index (χ1v) is 30.5. The number of para-hydroxylation sites is 1. The molecule has 9 aromatic rings. The summed E-state index contributed by atoms with van der Waals surface area (Å²) in [5.74, 6) is 3.53. The molecule has 0 amide bonds. The Hall–Kier alpha value is -6.21. The molecule has 5 atom stereocenters. The predicted octanol–water partition coefficient (Wildman–Crippen LogP) is 16.1. The summed E-state index contributed by atoms with van der Waals surface area (Å²) in [4.78, 5) is 0. The normalized spacial score (nSPS) is 19.0. The molecule has 71 heavy (non-hydrogen) atoms. The summed E-state index contributed by atoms with van der Waals surface area (Å²) in [6, 6.07) is 48.7. The van der Waals surface area contributed by atoms with Crippen LogP contribution in [0.5, 0.6) is 0 Å². The van der Waals surface area contributed by atoms with E-state index in [1.165, 1.54) is 105 Å². The third-order valence-corrected chi connectivity index (χ3v) is 20.1. The van der Waals surface area contributed by atoms with Gasteiger partial charge in [-0.25, -0.2) is 8.96 Å². The Bertz CT molecular complexity index is 3620. The molecule has 0 N–H and O–H groups in total. The first-order chi connectivity index (χ1) is 34.3. The van der Waals surface area contributed by atoms with E-state index in [4.69, 9.17) is 6.58 Å². The van der Waals surface area contributed by atoms with Gasteiger partial charge in [-0.2, -0.15) is 9.13 Å². The zero-order valence-corrected chi connectivity index (χ0v) is 44.5. The van der Waals surface area contributed by atoms with Crippen LogP contribution in [-0.2, 0) is 19.4 Å². The Kier molecular flexibility index (Phi) is 11.3. The van der Waals surface area contributed by atoms with E-state index >= 15 is 0 Å². The van der Waals surface area contributed by atoms with Gasteiger partial charge in [0.1, 0.15) is 12.4 Å². The average molecular weight is 968 g/mol. The molecule has 6 heteroatoms. The molecule has 3 nitrogen and oxygen atoms in total. The fourth-order valence-corrected chi connectivity index (χ4v) is 15.0. The summed E-state index contributed by atoms with van der Waals surface area (Å²) in [7, 11) is -1.69. The van der Waals surface area contributed by atoms with E-state index < -0.39 is 8.07 Å². The molecule has 5 heterocycles. The maximum Gasteiger partial charge on any atom is 0.297 e. The van der Waals surface area contributed by atoms with Crippen molar-refractivity contribution < 1.29 is 13.5 Å². The third kappa shape index (κ3) is 7.62. The number of allylic oxidation sites excluding steroid dienone is 3. The highest BCUT2D eigenvalue weighted by atomic mass is 32.1. The van der Waals surface area contributed by atoms with Gasteiger partial charge in [0.05, 0.1) is 24.3 Å². The molecule has 0 bridgehead atoms. The van der Waals surface area contributed by atoms with Gasteiger partial charge in [0.2, 0.25) is 11.7 Å². The van der Waals surface area contributed by atoms with Gasteiger partial charge in [-0.15, -0.1) is 11.3 Å². The lowest BCUT2D eigenvalue weighted by Gasteiger charge is -2.36. The van der Waals surface area contributed by atoms with E-state index in [9.17, 15) is 4.39 Å². The van der Waals surface area contributed by atoms with E-state index in [-0.39, 0.29) is 17.8 Å². The van der Waals surface area contributed by atoms with Crippen molar-refractivity contribution in [3.05, 3.63) is 180 Å². The second-order valence-electron chi connectivity index (χ2n) is 22.6. The van der Waals surface area contributed by atoms with Crippen molar-refractivity contribution in [2.24, 2.45) is 23.7 Å². The highest BCUT2D eigenvalue weighted by Gasteiger charge is 2.48. The summed E-state index contributed by atoms with van der Waals surface area (Å²) >= 11 is 1.95. The summed E-state index contributed by atoms with van der Waals surface area (Å²) < 4.78 is 24.5. The van der Waals surface area contributed by atoms with Crippen LogP contribution in [0.15, 0.2) is 158 Å². The number of thiophene rings is 1. The topological polar surface area (TPSA) is 12.7 Å². The van der Waals surface area contributed by atoms with Crippen LogP contribution in [0.3, 0.4) is 0 Å². The number of rotatable bonds is 9. The molecule has 6 aromatic carbocycles. The minimum absolute atomic E-state index is 0.00796. The largest absolute Gasteiger partial charge is 0.297 e. The average Bonchev–Trinajstić information content (AvgIpc) is 3.92. The monoisotopic (exact) mass is 967 g/mol. The number of imidazole rings is 1. The van der Waals surface area contributed by atoms with Crippen molar-refractivity contribution in [1.29, 1.82) is 0 Å². The maximum absolute atomic E-state index is 13.8. The summed E-state index contributed by atoms with van der Waals surface area (Å²) in [5.41, 5.74) is 18.0. The van der Waals surface area contributed by atoms with Gasteiger partial charge >= 0.3 is 0 Å². The molecule has 1 aliphatic carbocycles. The molecule has 12 rings (SSSR count). The number of aromatic nitrogens is 3. The second kappa shape index (κ2) is 17.5. The minimum atomic E-state index is -1.69. The standard InChI is InChI=1S/C65H66FN3SSi/c1-10-40(4)34-48-14-13-17-59-63(48)68(37-49-35-57(39(2)3)41(49)5)65-61-46(24-31-55-52-15-11-12-16-53(52)58-33-29-51(71(7,8)9)38-67(58)62(55)42(6)69(59)65)25-32-56-54-30-26-47(36-60(54)70-64(56)61)45-20-18-43(19-21-45)44-22-27-50(66)28-23-44/h11-23,25-30,32-33,35-36,38-41,55,57,62H,6,10,24,31,34,37H2,1-5,7-9H3/q+2/t40?,41-,55?,57?,62?/m0/s1. The molecule has 0 saturated carbocycles. The van der Waals surface area contributed by atoms with Gasteiger partial charge in [0, 0.05) is 37.9 Å². The number of aryl methyl sites for hydroxylation is 1. The van der Waals surface area contributed by atoms with Gasteiger partial charge < -0.3 is 0 Å². The maximum atomic E-state index is 13.8. The van der Waals surface area contributed by atoms with Crippen molar-refractivity contribution in [1.82, 2.24) is 4.57 Å². The van der Waals surface area contributed by atoms with Crippen molar-refractivity contribution in [3.8, 4) is 44.9 Å². The van der Waals surface area contributed by atoms with Crippen LogP contribution in [0.2, 0.25) is 19.6 Å². The van der Waals surface area contributed by atoms with E-state index in [0.29, 0.717) is 23.7 Å². The summed E-state index contributed by atoms with van der Waals surface area (Å²) in [6.45, 7) is 25.6. The molecule has 3 aromatic heterocycles. The molecular formula is C65H66FN3SSi+2. The lowest BCUT2D eigenvalue weighted by atomic mass is 9.70. The zero-order valence-electron chi connectivity index (χ0n) is 42.7. The molecule has 0 fully saturated rings. The fourth-order valence-electron chi connectivity index (χ4n) is 12.6. The van der Waals surface area contributed by atoms with Crippen molar-refractivity contribution in [2.75, 3.05) is 0 Å². The van der Waals surface area contributed by atoms with Crippen LogP contribution in [-0.4, -0.2) is 12.6 Å². The number of pyridine rings is 1. The molecule has 0 spiro atoms. The predicted molar refractivity (Wildman–Crippen MR) is 301 cm³/mol. The van der Waals surface area contributed by atoms with Crippen LogP contribution in [0.25, 0.3) is 81.8 Å². The fraction of sp³-hybridized carbons (Fsp3) is 0.292. The number of fused-ring (bicyclic) bond motifs is 15. The van der Waals surface area contributed by atoms with E-state index in [1.54, 1.807) is 0 Å². The van der Waals surface area contributed by atoms with Crippen molar-refractivity contribution in [3.63, 3.8) is 0 Å². The molecule has 356 valence electrons. The number of hydrogen-bond donors (Lipinski definition) is 0. The van der Waals surface area contributed by atoms with Crippen LogP contribution < -0.4 is 14.3 Å². The van der Waals surface area contributed by atoms with Gasteiger partial charge in [-0.1, -0.05) is 164 Å². The second-order valence-corrected chi connectivity index (χ2v) is 28.7. The summed E-state index contributed by atoms with van der Waals surface area (Å²) in [5, 5.41) is 4.08. The Morgan fingerprint density at radius 1 is 0.803 bits per heavy atom. The lowest BCUT2D eigenvalue weighted by Crippen LogP contribution is -2.53. The van der Waals surface area contributed by atoms with Crippen LogP contribution in [0.4, 0.5) is 4.39 Å². The van der Waals surface area contributed by atoms with Crippen LogP contribution in [0.1, 0.15) is 76.1 Å². The minimum Gasteiger partial charge on any atom is -0.218 e. The van der Waals surface area contributed by atoms with Gasteiger partial charge in [-0.05, 0) is 119 Å². The lowest BCUT2D eigenvalue weighted by molar-refractivity contribution is -0.704. The van der Waals surface area contributed by atoms with E-state index in [1.807, 2.05) is 23.5 Å².